The van der Waals surface area contributed by atoms with Crippen LogP contribution in [0.5, 0.6) is 0 Å². The lowest BCUT2D eigenvalue weighted by atomic mass is 10.2. The smallest absolute Gasteiger partial charge is 0.271 e. The van der Waals surface area contributed by atoms with Crippen LogP contribution in [0.1, 0.15) is 21.9 Å². The first-order valence-corrected chi connectivity index (χ1v) is 5.91. The average molecular weight is 263 g/mol. The van der Waals surface area contributed by atoms with Crippen LogP contribution in [0.25, 0.3) is 11.4 Å². The SMILES string of the molecule is CNC(=O)c1c(NC)nc(-c2c(C)noc2C)n1C. The zero-order chi connectivity index (χ0) is 14.2. The third kappa shape index (κ3) is 1.96. The van der Waals surface area contributed by atoms with Gasteiger partial charge in [0, 0.05) is 21.1 Å². The highest BCUT2D eigenvalue weighted by Gasteiger charge is 2.24. The highest BCUT2D eigenvalue weighted by Crippen LogP contribution is 2.29. The van der Waals surface area contributed by atoms with Crippen molar-refractivity contribution in [2.75, 3.05) is 19.4 Å². The number of carbonyl (C=O) groups excluding carboxylic acids is 1. The minimum atomic E-state index is -0.197. The molecule has 7 nitrogen and oxygen atoms in total. The summed E-state index contributed by atoms with van der Waals surface area (Å²) >= 11 is 0. The molecule has 2 aromatic rings. The lowest BCUT2D eigenvalue weighted by molar-refractivity contribution is 0.0956. The van der Waals surface area contributed by atoms with Crippen LogP contribution in [0.3, 0.4) is 0 Å². The molecule has 2 aromatic heterocycles. The van der Waals surface area contributed by atoms with Gasteiger partial charge in [0.1, 0.15) is 11.6 Å². The molecule has 0 saturated heterocycles. The van der Waals surface area contributed by atoms with E-state index in [4.69, 9.17) is 4.52 Å². The number of aromatic nitrogens is 3. The summed E-state index contributed by atoms with van der Waals surface area (Å²) in [5.74, 6) is 1.66. The highest BCUT2D eigenvalue weighted by atomic mass is 16.5. The Morgan fingerprint density at radius 2 is 2.00 bits per heavy atom. The second-order valence-electron chi connectivity index (χ2n) is 4.22. The van der Waals surface area contributed by atoms with Crippen molar-refractivity contribution in [3.63, 3.8) is 0 Å². The number of nitrogens with one attached hydrogen (secondary N) is 2. The lowest BCUT2D eigenvalue weighted by Gasteiger charge is -2.05. The topological polar surface area (TPSA) is 85.0 Å². The van der Waals surface area contributed by atoms with E-state index < -0.39 is 0 Å². The Morgan fingerprint density at radius 3 is 2.47 bits per heavy atom. The standard InChI is InChI=1S/C12H17N5O2/c1-6-8(7(2)19-16-6)11-15-10(13-3)9(17(11)5)12(18)14-4/h13H,1-5H3,(H,14,18). The molecule has 2 rings (SSSR count). The second-order valence-corrected chi connectivity index (χ2v) is 4.22. The molecule has 0 bridgehead atoms. The first-order valence-electron chi connectivity index (χ1n) is 5.91. The summed E-state index contributed by atoms with van der Waals surface area (Å²) in [6.07, 6.45) is 0. The molecule has 0 aromatic carbocycles. The van der Waals surface area contributed by atoms with Gasteiger partial charge in [-0.1, -0.05) is 5.16 Å². The number of imidazole rings is 1. The third-order valence-electron chi connectivity index (χ3n) is 3.03. The molecule has 19 heavy (non-hydrogen) atoms. The van der Waals surface area contributed by atoms with Gasteiger partial charge in [-0.3, -0.25) is 4.79 Å². The van der Waals surface area contributed by atoms with Gasteiger partial charge in [-0.05, 0) is 13.8 Å². The summed E-state index contributed by atoms with van der Waals surface area (Å²) in [5, 5.41) is 9.45. The Kier molecular flexibility index (Phi) is 3.28. The highest BCUT2D eigenvalue weighted by molar-refractivity contribution is 5.98. The van der Waals surface area contributed by atoms with Gasteiger partial charge in [0.15, 0.2) is 11.5 Å². The van der Waals surface area contributed by atoms with Gasteiger partial charge in [-0.2, -0.15) is 0 Å². The van der Waals surface area contributed by atoms with Gasteiger partial charge < -0.3 is 19.7 Å². The van der Waals surface area contributed by atoms with E-state index in [-0.39, 0.29) is 5.91 Å². The number of amides is 1. The van der Waals surface area contributed by atoms with Crippen LogP contribution < -0.4 is 10.6 Å². The maximum atomic E-state index is 11.9. The molecule has 2 N–H and O–H groups in total. The fourth-order valence-electron chi connectivity index (χ4n) is 2.08. The number of anilines is 1. The normalized spacial score (nSPS) is 10.6. The van der Waals surface area contributed by atoms with Crippen molar-refractivity contribution >= 4 is 11.7 Å². The summed E-state index contributed by atoms with van der Waals surface area (Å²) in [6, 6.07) is 0. The first-order chi connectivity index (χ1) is 9.01. The number of hydrogen-bond acceptors (Lipinski definition) is 5. The lowest BCUT2D eigenvalue weighted by Crippen LogP contribution is -2.22. The van der Waals surface area contributed by atoms with Gasteiger partial charge in [0.05, 0.1) is 11.3 Å². The summed E-state index contributed by atoms with van der Waals surface area (Å²) < 4.78 is 6.88. The maximum Gasteiger partial charge on any atom is 0.271 e. The fraction of sp³-hybridized carbons (Fsp3) is 0.417. The van der Waals surface area contributed by atoms with E-state index in [0.717, 1.165) is 11.3 Å². The fourth-order valence-corrected chi connectivity index (χ4v) is 2.08. The van der Waals surface area contributed by atoms with Crippen LogP contribution in [-0.4, -0.2) is 34.7 Å². The molecule has 0 aliphatic rings. The van der Waals surface area contributed by atoms with Gasteiger partial charge in [0.25, 0.3) is 5.91 Å². The monoisotopic (exact) mass is 263 g/mol. The van der Waals surface area contributed by atoms with E-state index in [0.29, 0.717) is 23.1 Å². The largest absolute Gasteiger partial charge is 0.371 e. The van der Waals surface area contributed by atoms with Crippen molar-refractivity contribution in [2.24, 2.45) is 7.05 Å². The van der Waals surface area contributed by atoms with Gasteiger partial charge in [-0.15, -0.1) is 0 Å². The van der Waals surface area contributed by atoms with Crippen molar-refractivity contribution in [2.45, 2.75) is 13.8 Å². The predicted molar refractivity (Wildman–Crippen MR) is 71.1 cm³/mol. The van der Waals surface area contributed by atoms with Crippen LogP contribution in [-0.2, 0) is 7.05 Å². The number of rotatable bonds is 3. The molecule has 0 radical (unpaired) electrons. The number of carbonyl (C=O) groups is 1. The van der Waals surface area contributed by atoms with E-state index in [1.54, 1.807) is 25.7 Å². The van der Waals surface area contributed by atoms with E-state index in [1.807, 2.05) is 13.8 Å². The number of nitrogens with zero attached hydrogens (tertiary/aromatic N) is 3. The number of aryl methyl sites for hydroxylation is 2. The molecular formula is C12H17N5O2. The molecule has 2 heterocycles. The quantitative estimate of drug-likeness (QED) is 0.866. The van der Waals surface area contributed by atoms with Gasteiger partial charge in [0.2, 0.25) is 0 Å². The van der Waals surface area contributed by atoms with Gasteiger partial charge in [-0.25, -0.2) is 4.98 Å². The predicted octanol–water partition coefficient (Wildman–Crippen LogP) is 1.09. The van der Waals surface area contributed by atoms with Crippen LogP contribution in [0, 0.1) is 13.8 Å². The molecule has 1 amide bonds. The average Bonchev–Trinajstić information content (AvgIpc) is 2.89. The molecule has 0 spiro atoms. The Labute approximate surface area is 111 Å². The van der Waals surface area contributed by atoms with Crippen LogP contribution >= 0.6 is 0 Å². The Morgan fingerprint density at radius 1 is 1.32 bits per heavy atom. The Bertz CT molecular complexity index is 607. The van der Waals surface area contributed by atoms with E-state index in [9.17, 15) is 4.79 Å². The molecule has 0 aliphatic heterocycles. The van der Waals surface area contributed by atoms with Crippen LogP contribution in [0.4, 0.5) is 5.82 Å². The molecule has 7 heteroatoms. The molecule has 0 fully saturated rings. The third-order valence-corrected chi connectivity index (χ3v) is 3.03. The molecule has 0 aliphatic carbocycles. The Balaban J connectivity index is 2.67. The molecule has 0 saturated carbocycles. The summed E-state index contributed by atoms with van der Waals surface area (Å²) in [6.45, 7) is 3.67. The van der Waals surface area contributed by atoms with E-state index >= 15 is 0 Å². The van der Waals surface area contributed by atoms with Crippen molar-refractivity contribution in [1.82, 2.24) is 20.0 Å². The van der Waals surface area contributed by atoms with Crippen molar-refractivity contribution in [3.05, 3.63) is 17.1 Å². The zero-order valence-corrected chi connectivity index (χ0v) is 11.7. The van der Waals surface area contributed by atoms with E-state index in [2.05, 4.69) is 20.8 Å². The number of hydrogen-bond donors (Lipinski definition) is 2. The first kappa shape index (κ1) is 13.1. The Hall–Kier alpha value is -2.31. The summed E-state index contributed by atoms with van der Waals surface area (Å²) in [4.78, 5) is 16.4. The minimum Gasteiger partial charge on any atom is -0.371 e. The maximum absolute atomic E-state index is 11.9. The second kappa shape index (κ2) is 4.75. The molecule has 0 atom stereocenters. The molecular weight excluding hydrogens is 246 g/mol. The van der Waals surface area contributed by atoms with Crippen LogP contribution in [0.15, 0.2) is 4.52 Å². The van der Waals surface area contributed by atoms with Crippen LogP contribution in [0.2, 0.25) is 0 Å². The summed E-state index contributed by atoms with van der Waals surface area (Å²) in [7, 11) is 5.11. The van der Waals surface area contributed by atoms with Crippen molar-refractivity contribution in [1.29, 1.82) is 0 Å². The van der Waals surface area contributed by atoms with Crippen molar-refractivity contribution < 1.29 is 9.32 Å². The minimum absolute atomic E-state index is 0.197. The molecule has 0 unspecified atom stereocenters. The zero-order valence-electron chi connectivity index (χ0n) is 11.7. The summed E-state index contributed by atoms with van der Waals surface area (Å²) in [5.41, 5.74) is 2.03. The molecule has 102 valence electrons. The van der Waals surface area contributed by atoms with E-state index in [1.165, 1.54) is 0 Å². The van der Waals surface area contributed by atoms with Crippen molar-refractivity contribution in [3.8, 4) is 11.4 Å². The van der Waals surface area contributed by atoms with Gasteiger partial charge >= 0.3 is 0 Å².